The van der Waals surface area contributed by atoms with Gasteiger partial charge in [-0.25, -0.2) is 0 Å². The number of phenolic OH excluding ortho intramolecular Hbond substituents is 1. The fraction of sp³-hybridized carbons (Fsp3) is 0.625. The van der Waals surface area contributed by atoms with Crippen LogP contribution < -0.4 is 31.3 Å². The van der Waals surface area contributed by atoms with Crippen molar-refractivity contribution >= 4 is 52.7 Å². The maximum absolute atomic E-state index is 14.3. The number of anilines is 1. The fourth-order valence-corrected chi connectivity index (χ4v) is 14.6. The molecule has 6 aliphatic rings. The van der Waals surface area contributed by atoms with Gasteiger partial charge < -0.3 is 65.7 Å². The predicted molar refractivity (Wildman–Crippen MR) is 320 cm³/mol. The average Bonchev–Trinajstić information content (AvgIpc) is 1.41. The van der Waals surface area contributed by atoms with Gasteiger partial charge in [-0.05, 0) is 170 Å². The lowest BCUT2D eigenvalue weighted by Crippen LogP contribution is -2.77. The number of nitrogens with one attached hydrogen (secondary N) is 3. The number of hydrogen-bond donors (Lipinski definition) is 6. The van der Waals surface area contributed by atoms with Crippen LogP contribution in [0, 0.1) is 18.8 Å². The minimum absolute atomic E-state index is 0.0111. The number of phenols is 1. The summed E-state index contributed by atoms with van der Waals surface area (Å²) >= 11 is 6.60. The molecule has 6 atom stereocenters. The van der Waals surface area contributed by atoms with Gasteiger partial charge in [0.2, 0.25) is 35.4 Å². The van der Waals surface area contributed by atoms with E-state index < -0.39 is 72.8 Å². The smallest absolute Gasteiger partial charge is 0.248 e. The van der Waals surface area contributed by atoms with Gasteiger partial charge >= 0.3 is 0 Å². The van der Waals surface area contributed by atoms with E-state index in [4.69, 9.17) is 31.5 Å². The van der Waals surface area contributed by atoms with E-state index in [1.165, 1.54) is 12.0 Å². The minimum Gasteiger partial charge on any atom is -0.504 e. The summed E-state index contributed by atoms with van der Waals surface area (Å²) in [7, 11) is 2.03. The van der Waals surface area contributed by atoms with E-state index in [9.17, 15) is 39.0 Å². The molecule has 2 bridgehead atoms. The molecule has 1 spiro atoms. The van der Waals surface area contributed by atoms with Crippen LogP contribution in [-0.2, 0) is 51.7 Å². The summed E-state index contributed by atoms with van der Waals surface area (Å²) in [6.07, 6.45) is 13.4. The highest BCUT2D eigenvalue weighted by atomic mass is 35.5. The molecule has 0 aromatic heterocycles. The second kappa shape index (κ2) is 28.6. The number of unbranched alkanes of at least 4 members (excludes halogenated alkanes) is 6. The molecule has 3 saturated heterocycles. The SMILES string of the molecule is CCCCCCCCCC(NC(=O)COCC(=O)N[C@H]1CC[C@@]2(O)C3Cc4ccc(O)c5c4[C@@]2(CCN3C)[C@H]1O5)NC(=O)COCC(=O)N1CCC(C(=O)N(CCCN2CCC(Cc3ccc(C(N)=O)cc3)CC2)c2ccc(C)c(Cl)c2)CC1. The van der Waals surface area contributed by atoms with Gasteiger partial charge in [0.1, 0.15) is 38.7 Å². The number of benzene rings is 3. The molecule has 3 aromatic rings. The molecule has 20 heteroatoms. The molecule has 4 fully saturated rings. The minimum atomic E-state index is -1.10. The summed E-state index contributed by atoms with van der Waals surface area (Å²) in [5.74, 6) is -1.48. The zero-order valence-corrected chi connectivity index (χ0v) is 50.2. The van der Waals surface area contributed by atoms with Gasteiger partial charge in [-0.15, -0.1) is 0 Å². The molecule has 6 amide bonds. The van der Waals surface area contributed by atoms with Gasteiger partial charge in [0.15, 0.2) is 11.5 Å². The Balaban J connectivity index is 0.702. The van der Waals surface area contributed by atoms with Gasteiger partial charge in [0.25, 0.3) is 0 Å². The number of hydrogen-bond acceptors (Lipinski definition) is 13. The number of aromatic hydroxyl groups is 1. The number of piperidine rings is 3. The Morgan fingerprint density at radius 2 is 1.49 bits per heavy atom. The van der Waals surface area contributed by atoms with Crippen LogP contribution in [0.25, 0.3) is 0 Å². The summed E-state index contributed by atoms with van der Waals surface area (Å²) in [6, 6.07) is 16.3. The summed E-state index contributed by atoms with van der Waals surface area (Å²) in [6.45, 7) is 7.35. The summed E-state index contributed by atoms with van der Waals surface area (Å²) in [4.78, 5) is 87.6. The molecule has 84 heavy (non-hydrogen) atoms. The van der Waals surface area contributed by atoms with Crippen LogP contribution in [0.3, 0.4) is 0 Å². The maximum atomic E-state index is 14.3. The van der Waals surface area contributed by atoms with Crippen molar-refractivity contribution < 1.29 is 53.2 Å². The number of nitrogens with two attached hydrogens (primary N) is 1. The van der Waals surface area contributed by atoms with Crippen LogP contribution in [-0.4, -0.2) is 170 Å². The third kappa shape index (κ3) is 14.5. The molecular formula is C64H89ClN8O11. The maximum Gasteiger partial charge on any atom is 0.248 e. The Labute approximate surface area is 500 Å². The van der Waals surface area contributed by atoms with Gasteiger partial charge in [-0.3, -0.25) is 28.8 Å². The van der Waals surface area contributed by atoms with Gasteiger partial charge in [-0.2, -0.15) is 0 Å². The predicted octanol–water partition coefficient (Wildman–Crippen LogP) is 6.07. The number of carbonyl (C=O) groups excluding carboxylic acids is 6. The normalized spacial score (nSPS) is 23.5. The second-order valence-electron chi connectivity index (χ2n) is 24.6. The molecular weight excluding hydrogens is 1090 g/mol. The van der Waals surface area contributed by atoms with Gasteiger partial charge in [-0.1, -0.05) is 81.3 Å². The molecule has 1 saturated carbocycles. The number of halogens is 1. The van der Waals surface area contributed by atoms with Crippen molar-refractivity contribution in [2.75, 3.05) is 84.2 Å². The van der Waals surface area contributed by atoms with E-state index in [0.717, 1.165) is 113 Å². The number of carbonyl (C=O) groups is 6. The number of amides is 6. The first-order valence-corrected chi connectivity index (χ1v) is 31.3. The van der Waals surface area contributed by atoms with Gasteiger partial charge in [0.05, 0.1) is 17.1 Å². The topological polar surface area (TPSA) is 246 Å². The summed E-state index contributed by atoms with van der Waals surface area (Å²) < 4.78 is 17.8. The molecule has 19 nitrogen and oxygen atoms in total. The first-order chi connectivity index (χ1) is 40.5. The fourth-order valence-electron chi connectivity index (χ4n) is 14.4. The number of likely N-dealkylation sites (tertiary alicyclic amines) is 3. The molecule has 4 aliphatic heterocycles. The molecule has 2 aliphatic carbocycles. The number of likely N-dealkylation sites (N-methyl/N-ethyl adjacent to an activating group) is 1. The van der Waals surface area contributed by atoms with Crippen LogP contribution >= 0.6 is 11.6 Å². The van der Waals surface area contributed by atoms with Crippen LogP contribution in [0.2, 0.25) is 5.02 Å². The molecule has 9 rings (SSSR count). The first-order valence-electron chi connectivity index (χ1n) is 30.9. The molecule has 3 aromatic carbocycles. The highest BCUT2D eigenvalue weighted by molar-refractivity contribution is 6.31. The van der Waals surface area contributed by atoms with Crippen molar-refractivity contribution in [3.8, 4) is 11.5 Å². The monoisotopic (exact) mass is 1180 g/mol. The van der Waals surface area contributed by atoms with Crippen molar-refractivity contribution in [3.63, 3.8) is 0 Å². The molecule has 4 heterocycles. The zero-order chi connectivity index (χ0) is 59.5. The number of aryl methyl sites for hydroxylation is 1. The molecule has 2 unspecified atom stereocenters. The average molecular weight is 1180 g/mol. The van der Waals surface area contributed by atoms with Crippen molar-refractivity contribution in [1.82, 2.24) is 30.7 Å². The lowest BCUT2D eigenvalue weighted by Gasteiger charge is -2.63. The van der Waals surface area contributed by atoms with E-state index in [1.54, 1.807) is 23.1 Å². The molecule has 7 N–H and O–H groups in total. The van der Waals surface area contributed by atoms with Crippen molar-refractivity contribution in [1.29, 1.82) is 0 Å². The number of rotatable bonds is 28. The lowest BCUT2D eigenvalue weighted by atomic mass is 9.48. The van der Waals surface area contributed by atoms with Crippen LogP contribution in [0.4, 0.5) is 5.69 Å². The van der Waals surface area contributed by atoms with E-state index >= 15 is 0 Å². The van der Waals surface area contributed by atoms with Crippen molar-refractivity contribution in [3.05, 3.63) is 87.4 Å². The van der Waals surface area contributed by atoms with E-state index in [2.05, 4.69) is 32.7 Å². The molecule has 0 radical (unpaired) electrons. The standard InChI is InChI=1S/C64H89ClN8O11/c1-4-5-6-7-8-9-10-12-53(68-55(76)39-82-38-54(75)67-50-21-26-64(81)52-36-47-18-20-51(74)59-58(47)63(64,60(50)84-59)27-34-70(52)3)69-56(77)40-83-41-57(78)72-32-24-46(25-33-72)62(80)73(48-19-13-42(2)49(65)37-48)29-11-28-71-30-22-44(23-31-71)35-43-14-16-45(17-15-43)61(66)79/h13-20,37,44,46,50,52-53,60,74,81H,4-12,21-36,38-41H2,1-3H3,(H2,66,79)(H,67,75)(H,68,76)(H,69,77)/t50-,52?,53?,60-,63-,64+/m0/s1. The lowest BCUT2D eigenvalue weighted by molar-refractivity contribution is -0.187. The number of aliphatic hydroxyl groups is 1. The van der Waals surface area contributed by atoms with Crippen LogP contribution in [0.15, 0.2) is 54.6 Å². The first kappa shape index (κ1) is 62.7. The highest BCUT2D eigenvalue weighted by Gasteiger charge is 2.72. The molecule has 458 valence electrons. The van der Waals surface area contributed by atoms with Crippen molar-refractivity contribution in [2.24, 2.45) is 17.6 Å². The van der Waals surface area contributed by atoms with E-state index in [-0.39, 0.29) is 36.1 Å². The Morgan fingerprint density at radius 3 is 2.18 bits per heavy atom. The summed E-state index contributed by atoms with van der Waals surface area (Å²) in [5.41, 5.74) is 8.83. The Morgan fingerprint density at radius 1 is 0.810 bits per heavy atom. The number of ether oxygens (including phenoxy) is 3. The number of nitrogens with zero attached hydrogens (tertiary/aromatic N) is 4. The van der Waals surface area contributed by atoms with Gasteiger partial charge in [0, 0.05) is 53.4 Å². The Bertz CT molecular complexity index is 2810. The quantitative estimate of drug-likeness (QED) is 0.0358. The third-order valence-corrected chi connectivity index (χ3v) is 19.4. The number of primary amides is 1. The van der Waals surface area contributed by atoms with Crippen LogP contribution in [0.1, 0.15) is 142 Å². The Kier molecular flexibility index (Phi) is 21.3. The van der Waals surface area contributed by atoms with Crippen LogP contribution in [0.5, 0.6) is 11.5 Å². The van der Waals surface area contributed by atoms with E-state index in [0.29, 0.717) is 86.8 Å². The second-order valence-corrected chi connectivity index (χ2v) is 25.0. The Hall–Kier alpha value is -5.83. The highest BCUT2D eigenvalue weighted by Crippen LogP contribution is 2.65. The van der Waals surface area contributed by atoms with E-state index in [1.807, 2.05) is 55.3 Å². The third-order valence-electron chi connectivity index (χ3n) is 19.0. The zero-order valence-electron chi connectivity index (χ0n) is 49.5. The van der Waals surface area contributed by atoms with Crippen molar-refractivity contribution in [2.45, 2.75) is 165 Å². The summed E-state index contributed by atoms with van der Waals surface area (Å²) in [5, 5.41) is 32.7. The largest absolute Gasteiger partial charge is 0.504 e.